The van der Waals surface area contributed by atoms with Crippen molar-refractivity contribution < 1.29 is 4.79 Å². The Labute approximate surface area is 241 Å². The van der Waals surface area contributed by atoms with Crippen LogP contribution in [0.25, 0.3) is 28.2 Å². The maximum atomic E-state index is 12.1. The molecule has 2 fully saturated rings. The van der Waals surface area contributed by atoms with Gasteiger partial charge in [-0.15, -0.1) is 0 Å². The number of hydrogen-bond donors (Lipinski definition) is 1. The number of nitrogens with zero attached hydrogens (tertiary/aromatic N) is 6. The number of nitrogens with two attached hydrogens (primary N) is 1. The molecule has 6 rings (SSSR count). The van der Waals surface area contributed by atoms with Crippen LogP contribution < -0.4 is 15.5 Å². The summed E-state index contributed by atoms with van der Waals surface area (Å²) in [6.07, 6.45) is 1.30. The fourth-order valence-corrected chi connectivity index (χ4v) is 6.42. The van der Waals surface area contributed by atoms with E-state index in [9.17, 15) is 4.79 Å². The lowest BCUT2D eigenvalue weighted by Crippen LogP contribution is -2.46. The molecule has 39 heavy (non-hydrogen) atoms. The molecule has 2 aliphatic heterocycles. The Morgan fingerprint density at radius 3 is 2.28 bits per heavy atom. The molecule has 0 radical (unpaired) electrons. The number of rotatable bonds is 5. The molecule has 0 saturated carbocycles. The second-order valence-corrected chi connectivity index (χ2v) is 12.3. The summed E-state index contributed by atoms with van der Waals surface area (Å²) in [5.41, 5.74) is 8.29. The second kappa shape index (κ2) is 10.5. The van der Waals surface area contributed by atoms with Crippen LogP contribution in [-0.2, 0) is 4.79 Å². The maximum Gasteiger partial charge on any atom is 0.229 e. The number of amides is 1. The van der Waals surface area contributed by atoms with Crippen molar-refractivity contribution in [3.8, 4) is 17.1 Å². The van der Waals surface area contributed by atoms with Gasteiger partial charge in [0.25, 0.3) is 0 Å². The number of anilines is 2. The fraction of sp³-hybridized carbons (Fsp3) is 0.357. The smallest absolute Gasteiger partial charge is 0.229 e. The van der Waals surface area contributed by atoms with Crippen LogP contribution in [0, 0.1) is 5.41 Å². The molecule has 2 saturated heterocycles. The lowest BCUT2D eigenvalue weighted by Gasteiger charge is -2.38. The van der Waals surface area contributed by atoms with Gasteiger partial charge in [-0.1, -0.05) is 42.3 Å². The summed E-state index contributed by atoms with van der Waals surface area (Å²) in [5, 5.41) is 1.25. The average molecular weight is 583 g/mol. The van der Waals surface area contributed by atoms with Gasteiger partial charge in [-0.25, -0.2) is 4.98 Å². The zero-order valence-electron chi connectivity index (χ0n) is 21.6. The van der Waals surface area contributed by atoms with Gasteiger partial charge in [0.15, 0.2) is 17.0 Å². The zero-order chi connectivity index (χ0) is 27.1. The van der Waals surface area contributed by atoms with Crippen molar-refractivity contribution in [3.05, 3.63) is 58.6 Å². The van der Waals surface area contributed by atoms with E-state index in [4.69, 9.17) is 43.9 Å². The molecule has 2 N–H and O–H groups in total. The highest BCUT2D eigenvalue weighted by Crippen LogP contribution is 2.39. The Kier molecular flexibility index (Phi) is 7.07. The van der Waals surface area contributed by atoms with Crippen molar-refractivity contribution in [3.63, 3.8) is 0 Å². The topological polar surface area (TPSA) is 93.2 Å². The lowest BCUT2D eigenvalue weighted by atomic mass is 9.80. The van der Waals surface area contributed by atoms with Crippen LogP contribution >= 0.6 is 35.0 Å². The van der Waals surface area contributed by atoms with Gasteiger partial charge in [-0.2, -0.15) is 21.7 Å². The number of carbonyl (C=O) groups excluding carboxylic acids is 1. The van der Waals surface area contributed by atoms with Gasteiger partial charge < -0.3 is 15.5 Å². The summed E-state index contributed by atoms with van der Waals surface area (Å²) >= 11 is 14.9. The summed E-state index contributed by atoms with van der Waals surface area (Å²) in [6.45, 7) is 5.00. The molecule has 2 aliphatic rings. The minimum atomic E-state index is -0.527. The molecule has 8 nitrogen and oxygen atoms in total. The maximum absolute atomic E-state index is 12.1. The van der Waals surface area contributed by atoms with Crippen molar-refractivity contribution in [1.82, 2.24) is 19.5 Å². The number of fused-ring (bicyclic) bond motifs is 1. The summed E-state index contributed by atoms with van der Waals surface area (Å²) in [7, 11) is 0. The van der Waals surface area contributed by atoms with Gasteiger partial charge in [-0.3, -0.25) is 9.36 Å². The normalized spacial score (nSPS) is 17.5. The predicted molar refractivity (Wildman–Crippen MR) is 160 cm³/mol. The van der Waals surface area contributed by atoms with Crippen LogP contribution in [0.1, 0.15) is 19.8 Å². The fourth-order valence-electron chi connectivity index (χ4n) is 5.17. The van der Waals surface area contributed by atoms with Gasteiger partial charge in [0.05, 0.1) is 5.02 Å². The molecule has 202 valence electrons. The van der Waals surface area contributed by atoms with Gasteiger partial charge >= 0.3 is 0 Å². The van der Waals surface area contributed by atoms with Crippen LogP contribution in [0.4, 0.5) is 11.8 Å². The Morgan fingerprint density at radius 1 is 0.923 bits per heavy atom. The van der Waals surface area contributed by atoms with E-state index in [2.05, 4.69) is 9.80 Å². The van der Waals surface area contributed by atoms with Crippen LogP contribution in [0.2, 0.25) is 10.0 Å². The summed E-state index contributed by atoms with van der Waals surface area (Å²) in [6, 6.07) is 15.3. The first-order chi connectivity index (χ1) is 18.8. The number of thioether (sulfide) groups is 1. The SMILES string of the molecule is CC1(C(N)=O)CCN(c2nc(N3CCSCC3)nc3c2nc(-c2ccccc2Cl)n3-c2ccc(Cl)cc2)CC1. The molecule has 11 heteroatoms. The molecular formula is C28H29Cl2N7OS. The van der Waals surface area contributed by atoms with Crippen LogP contribution in [0.3, 0.4) is 0 Å². The Morgan fingerprint density at radius 2 is 1.62 bits per heavy atom. The standard InChI is InChI=1S/C28H29Cl2N7OS/c1-28(26(31)38)10-12-35(13-11-28)24-22-25(34-27(33-24)36-14-16-39-17-15-36)37(19-8-6-18(29)7-9-19)23(32-22)20-4-2-3-5-21(20)30/h2-9H,10-17H2,1H3,(H2,31,38). The number of carbonyl (C=O) groups is 1. The van der Waals surface area contributed by atoms with Crippen LogP contribution in [-0.4, -0.2) is 63.1 Å². The van der Waals surface area contributed by atoms with Crippen LogP contribution in [0.5, 0.6) is 0 Å². The molecule has 0 atom stereocenters. The Balaban J connectivity index is 1.58. The first-order valence-corrected chi connectivity index (χ1v) is 14.9. The minimum Gasteiger partial charge on any atom is -0.369 e. The Hall–Kier alpha value is -3.01. The predicted octanol–water partition coefficient (Wildman–Crippen LogP) is 5.43. The van der Waals surface area contributed by atoms with Crippen molar-refractivity contribution >= 4 is 63.8 Å². The number of aromatic nitrogens is 4. The van der Waals surface area contributed by atoms with E-state index in [1.807, 2.05) is 71.8 Å². The van der Waals surface area contributed by atoms with Crippen LogP contribution in [0.15, 0.2) is 48.5 Å². The monoisotopic (exact) mass is 581 g/mol. The zero-order valence-corrected chi connectivity index (χ0v) is 23.9. The third-order valence-corrected chi connectivity index (χ3v) is 9.26. The van der Waals surface area contributed by atoms with Crippen molar-refractivity contribution in [2.75, 3.05) is 47.5 Å². The average Bonchev–Trinajstić information content (AvgIpc) is 3.33. The first kappa shape index (κ1) is 26.2. The van der Waals surface area contributed by atoms with Crippen molar-refractivity contribution in [2.45, 2.75) is 19.8 Å². The second-order valence-electron chi connectivity index (χ2n) is 10.3. The molecule has 4 heterocycles. The molecular weight excluding hydrogens is 553 g/mol. The highest BCUT2D eigenvalue weighted by molar-refractivity contribution is 7.99. The van der Waals surface area contributed by atoms with Gasteiger partial charge in [-0.05, 0) is 49.2 Å². The highest BCUT2D eigenvalue weighted by atomic mass is 35.5. The molecule has 1 amide bonds. The van der Waals surface area contributed by atoms with E-state index in [0.29, 0.717) is 58.9 Å². The summed E-state index contributed by atoms with van der Waals surface area (Å²) in [5.74, 6) is 3.92. The number of piperidine rings is 1. The number of halogens is 2. The van der Waals surface area contributed by atoms with E-state index >= 15 is 0 Å². The third kappa shape index (κ3) is 4.92. The van der Waals surface area contributed by atoms with Gasteiger partial charge in [0, 0.05) is 59.4 Å². The van der Waals surface area contributed by atoms with E-state index in [-0.39, 0.29) is 5.91 Å². The molecule has 0 unspecified atom stereocenters. The number of primary amides is 1. The van der Waals surface area contributed by atoms with E-state index in [0.717, 1.165) is 41.7 Å². The van der Waals surface area contributed by atoms with Crippen molar-refractivity contribution in [1.29, 1.82) is 0 Å². The molecule has 0 bridgehead atoms. The Bertz CT molecular complexity index is 1530. The van der Waals surface area contributed by atoms with E-state index in [1.54, 1.807) is 0 Å². The molecule has 4 aromatic rings. The molecule has 2 aromatic carbocycles. The molecule has 2 aromatic heterocycles. The number of hydrogen-bond acceptors (Lipinski definition) is 7. The number of imidazole rings is 1. The van der Waals surface area contributed by atoms with Crippen molar-refractivity contribution in [2.24, 2.45) is 11.1 Å². The highest BCUT2D eigenvalue weighted by Gasteiger charge is 2.37. The summed E-state index contributed by atoms with van der Waals surface area (Å²) < 4.78 is 2.04. The largest absolute Gasteiger partial charge is 0.369 e. The lowest BCUT2D eigenvalue weighted by molar-refractivity contribution is -0.127. The molecule has 0 aliphatic carbocycles. The van der Waals surface area contributed by atoms with Gasteiger partial charge in [0.1, 0.15) is 5.82 Å². The minimum absolute atomic E-state index is 0.255. The third-order valence-electron chi connectivity index (χ3n) is 7.73. The summed E-state index contributed by atoms with van der Waals surface area (Å²) in [4.78, 5) is 32.0. The van der Waals surface area contributed by atoms with Gasteiger partial charge in [0.2, 0.25) is 11.9 Å². The quantitative estimate of drug-likeness (QED) is 0.335. The first-order valence-electron chi connectivity index (χ1n) is 13.0. The molecule has 0 spiro atoms. The van der Waals surface area contributed by atoms with E-state index in [1.165, 1.54) is 0 Å². The number of benzene rings is 2. The van der Waals surface area contributed by atoms with E-state index < -0.39 is 5.41 Å².